The van der Waals surface area contributed by atoms with Gasteiger partial charge in [-0.3, -0.25) is 4.79 Å². The van der Waals surface area contributed by atoms with Crippen molar-refractivity contribution in [1.82, 2.24) is 4.90 Å². The van der Waals surface area contributed by atoms with Crippen molar-refractivity contribution in [2.24, 2.45) is 0 Å². The van der Waals surface area contributed by atoms with Gasteiger partial charge in [-0.15, -0.1) is 0 Å². The molecule has 0 aromatic heterocycles. The predicted octanol–water partition coefficient (Wildman–Crippen LogP) is 2.05. The molecule has 1 atom stereocenters. The molecule has 0 bridgehead atoms. The fraction of sp³-hybridized carbons (Fsp3) is 0.500. The summed E-state index contributed by atoms with van der Waals surface area (Å²) in [6.07, 6.45) is 0. The molecule has 0 aliphatic heterocycles. The Kier molecular flexibility index (Phi) is 6.78. The molecule has 1 unspecified atom stereocenters. The van der Waals surface area contributed by atoms with Crippen LogP contribution < -0.4 is 5.73 Å². The smallest absolute Gasteiger partial charge is 0.254 e. The van der Waals surface area contributed by atoms with E-state index in [1.54, 1.807) is 37.3 Å². The summed E-state index contributed by atoms with van der Waals surface area (Å²) in [5.41, 5.74) is 6.66. The van der Waals surface area contributed by atoms with Gasteiger partial charge in [0.2, 0.25) is 0 Å². The molecule has 5 nitrogen and oxygen atoms in total. The summed E-state index contributed by atoms with van der Waals surface area (Å²) in [4.78, 5) is 14.3. The normalized spacial score (nSPS) is 12.2. The second-order valence-electron chi connectivity index (χ2n) is 4.57. The number of halogens is 1. The van der Waals surface area contributed by atoms with Crippen LogP contribution in [0.5, 0.6) is 0 Å². The van der Waals surface area contributed by atoms with Crippen molar-refractivity contribution in [3.05, 3.63) is 28.8 Å². The molecular formula is C14H21ClN2O3. The topological polar surface area (TPSA) is 64.8 Å². The molecule has 112 valence electrons. The van der Waals surface area contributed by atoms with Crippen LogP contribution in [0.4, 0.5) is 5.69 Å². The first-order chi connectivity index (χ1) is 9.49. The van der Waals surface area contributed by atoms with Crippen molar-refractivity contribution >= 4 is 23.2 Å². The number of nitrogen functional groups attached to an aromatic ring is 1. The number of ether oxygens (including phenoxy) is 2. The Labute approximate surface area is 124 Å². The number of amides is 1. The second-order valence-corrected chi connectivity index (χ2v) is 5.01. The van der Waals surface area contributed by atoms with Crippen LogP contribution in [0.1, 0.15) is 17.3 Å². The van der Waals surface area contributed by atoms with Gasteiger partial charge in [-0.25, -0.2) is 0 Å². The molecule has 0 aliphatic rings. The van der Waals surface area contributed by atoms with Crippen LogP contribution in [-0.4, -0.2) is 50.8 Å². The first kappa shape index (κ1) is 16.8. The van der Waals surface area contributed by atoms with Crippen molar-refractivity contribution in [3.63, 3.8) is 0 Å². The summed E-state index contributed by atoms with van der Waals surface area (Å²) in [7, 11) is 3.20. The molecule has 1 rings (SSSR count). The summed E-state index contributed by atoms with van der Waals surface area (Å²) in [6.45, 7) is 3.30. The highest BCUT2D eigenvalue weighted by Gasteiger charge is 2.21. The minimum Gasteiger partial charge on any atom is -0.399 e. The molecule has 0 spiro atoms. The first-order valence-corrected chi connectivity index (χ1v) is 6.72. The zero-order valence-corrected chi connectivity index (χ0v) is 12.8. The van der Waals surface area contributed by atoms with E-state index in [1.807, 2.05) is 6.92 Å². The van der Waals surface area contributed by atoms with E-state index in [2.05, 4.69) is 0 Å². The molecule has 0 saturated heterocycles. The van der Waals surface area contributed by atoms with E-state index in [-0.39, 0.29) is 11.9 Å². The van der Waals surface area contributed by atoms with Gasteiger partial charge in [0.05, 0.1) is 19.3 Å². The van der Waals surface area contributed by atoms with E-state index in [1.165, 1.54) is 0 Å². The second kappa shape index (κ2) is 8.09. The maximum absolute atomic E-state index is 12.6. The summed E-state index contributed by atoms with van der Waals surface area (Å²) in [6, 6.07) is 4.77. The maximum Gasteiger partial charge on any atom is 0.254 e. The minimum absolute atomic E-state index is 0.0668. The van der Waals surface area contributed by atoms with Gasteiger partial charge in [-0.05, 0) is 25.1 Å². The number of hydrogen-bond acceptors (Lipinski definition) is 4. The van der Waals surface area contributed by atoms with Crippen molar-refractivity contribution < 1.29 is 14.3 Å². The quantitative estimate of drug-likeness (QED) is 0.783. The molecule has 1 amide bonds. The van der Waals surface area contributed by atoms with E-state index in [0.29, 0.717) is 36.0 Å². The third-order valence-electron chi connectivity index (χ3n) is 2.90. The first-order valence-electron chi connectivity index (χ1n) is 6.34. The molecule has 1 aromatic carbocycles. The lowest BCUT2D eigenvalue weighted by Crippen LogP contribution is -2.43. The molecule has 0 aliphatic carbocycles. The van der Waals surface area contributed by atoms with Gasteiger partial charge in [0.25, 0.3) is 5.91 Å². The van der Waals surface area contributed by atoms with Crippen LogP contribution in [0.25, 0.3) is 0 Å². The largest absolute Gasteiger partial charge is 0.399 e. The molecule has 0 heterocycles. The van der Waals surface area contributed by atoms with Crippen molar-refractivity contribution in [2.45, 2.75) is 13.0 Å². The molecule has 6 heteroatoms. The van der Waals surface area contributed by atoms with Crippen LogP contribution in [0.3, 0.4) is 0 Å². The van der Waals surface area contributed by atoms with E-state index < -0.39 is 0 Å². The van der Waals surface area contributed by atoms with Crippen LogP contribution in [0.15, 0.2) is 18.2 Å². The SMILES string of the molecule is COCCN(C(=O)c1cc(N)cc(Cl)c1)C(C)COC. The number of nitrogens with zero attached hydrogens (tertiary/aromatic N) is 1. The zero-order valence-electron chi connectivity index (χ0n) is 12.1. The van der Waals surface area contributed by atoms with E-state index >= 15 is 0 Å². The Hall–Kier alpha value is -1.30. The number of nitrogens with two attached hydrogens (primary N) is 1. The fourth-order valence-electron chi connectivity index (χ4n) is 1.94. The maximum atomic E-state index is 12.6. The lowest BCUT2D eigenvalue weighted by atomic mass is 10.1. The summed E-state index contributed by atoms with van der Waals surface area (Å²) < 4.78 is 10.2. The number of benzene rings is 1. The lowest BCUT2D eigenvalue weighted by Gasteiger charge is -2.29. The number of hydrogen-bond donors (Lipinski definition) is 1. The van der Waals surface area contributed by atoms with Crippen molar-refractivity contribution in [3.8, 4) is 0 Å². The van der Waals surface area contributed by atoms with Gasteiger partial charge in [-0.2, -0.15) is 0 Å². The van der Waals surface area contributed by atoms with Gasteiger partial charge >= 0.3 is 0 Å². The highest BCUT2D eigenvalue weighted by molar-refractivity contribution is 6.31. The predicted molar refractivity (Wildman–Crippen MR) is 80.1 cm³/mol. The Morgan fingerprint density at radius 1 is 1.35 bits per heavy atom. The van der Waals surface area contributed by atoms with Crippen LogP contribution >= 0.6 is 11.6 Å². The number of carbonyl (C=O) groups excluding carboxylic acids is 1. The Morgan fingerprint density at radius 2 is 2.05 bits per heavy atom. The van der Waals surface area contributed by atoms with Gasteiger partial charge in [0, 0.05) is 37.0 Å². The average molecular weight is 301 g/mol. The molecule has 0 radical (unpaired) electrons. The zero-order chi connectivity index (χ0) is 15.1. The average Bonchev–Trinajstić information content (AvgIpc) is 2.38. The highest BCUT2D eigenvalue weighted by atomic mass is 35.5. The van der Waals surface area contributed by atoms with E-state index in [0.717, 1.165) is 0 Å². The Bertz CT molecular complexity index is 434. The monoisotopic (exact) mass is 300 g/mol. The number of methoxy groups -OCH3 is 2. The van der Waals surface area contributed by atoms with E-state index in [9.17, 15) is 4.79 Å². The van der Waals surface area contributed by atoms with Gasteiger partial charge < -0.3 is 20.1 Å². The van der Waals surface area contributed by atoms with Crippen LogP contribution in [-0.2, 0) is 9.47 Å². The molecule has 1 aromatic rings. The van der Waals surface area contributed by atoms with Crippen LogP contribution in [0, 0.1) is 0 Å². The molecule has 2 N–H and O–H groups in total. The summed E-state index contributed by atoms with van der Waals surface area (Å²) in [5, 5.41) is 0.444. The lowest BCUT2D eigenvalue weighted by molar-refractivity contribution is 0.0479. The summed E-state index contributed by atoms with van der Waals surface area (Å²) >= 11 is 5.94. The van der Waals surface area contributed by atoms with Gasteiger partial charge in [0.1, 0.15) is 0 Å². The van der Waals surface area contributed by atoms with Crippen molar-refractivity contribution in [2.75, 3.05) is 39.7 Å². The fourth-order valence-corrected chi connectivity index (χ4v) is 2.19. The van der Waals surface area contributed by atoms with Gasteiger partial charge in [0.15, 0.2) is 0 Å². The number of rotatable bonds is 7. The third-order valence-corrected chi connectivity index (χ3v) is 3.12. The Balaban J connectivity index is 2.96. The number of anilines is 1. The molecule has 0 saturated carbocycles. The standard InChI is InChI=1S/C14H21ClN2O3/c1-10(9-20-3)17(4-5-19-2)14(18)11-6-12(15)8-13(16)7-11/h6-8,10H,4-5,9,16H2,1-3H3. The third kappa shape index (κ3) is 4.67. The Morgan fingerprint density at radius 3 is 2.60 bits per heavy atom. The molecule has 0 fully saturated rings. The molecular weight excluding hydrogens is 280 g/mol. The molecule has 20 heavy (non-hydrogen) atoms. The van der Waals surface area contributed by atoms with Gasteiger partial charge in [-0.1, -0.05) is 11.6 Å². The summed E-state index contributed by atoms with van der Waals surface area (Å²) in [5.74, 6) is -0.138. The van der Waals surface area contributed by atoms with E-state index in [4.69, 9.17) is 26.8 Å². The van der Waals surface area contributed by atoms with Crippen LogP contribution in [0.2, 0.25) is 5.02 Å². The van der Waals surface area contributed by atoms with Crippen molar-refractivity contribution in [1.29, 1.82) is 0 Å². The number of carbonyl (C=O) groups is 1. The minimum atomic E-state index is -0.138. The highest BCUT2D eigenvalue weighted by Crippen LogP contribution is 2.19.